The molecule has 0 aliphatic carbocycles. The number of nitrogens with one attached hydrogen (secondary N) is 1. The number of ether oxygens (including phenoxy) is 1. The van der Waals surface area contributed by atoms with Gasteiger partial charge in [0.05, 0.1) is 23.8 Å². The maximum atomic E-state index is 12.7. The highest BCUT2D eigenvalue weighted by atomic mass is 32.2. The van der Waals surface area contributed by atoms with E-state index in [-0.39, 0.29) is 18.0 Å². The van der Waals surface area contributed by atoms with E-state index >= 15 is 0 Å². The van der Waals surface area contributed by atoms with E-state index in [1.165, 1.54) is 11.5 Å². The highest BCUT2D eigenvalue weighted by Gasteiger charge is 2.29. The minimum Gasteiger partial charge on any atom is -0.445 e. The molecule has 1 atom stereocenters. The van der Waals surface area contributed by atoms with Gasteiger partial charge in [-0.25, -0.2) is 14.8 Å². The lowest BCUT2D eigenvalue weighted by atomic mass is 10.2. The molecular weight excluding hydrogens is 520 g/mol. The molecule has 0 radical (unpaired) electrons. The lowest BCUT2D eigenvalue weighted by molar-refractivity contribution is 0.104. The molecule has 1 N–H and O–H groups in total. The molecule has 1 saturated heterocycles. The van der Waals surface area contributed by atoms with Crippen molar-refractivity contribution in [1.82, 2.24) is 33.4 Å². The monoisotopic (exact) mass is 546 g/mol. The van der Waals surface area contributed by atoms with Crippen molar-refractivity contribution >= 4 is 45.9 Å². The van der Waals surface area contributed by atoms with Gasteiger partial charge in [0.2, 0.25) is 0 Å². The van der Waals surface area contributed by atoms with Crippen LogP contribution in [-0.4, -0.2) is 57.9 Å². The predicted molar refractivity (Wildman–Crippen MR) is 148 cm³/mol. The quantitative estimate of drug-likeness (QED) is 0.299. The molecule has 0 saturated carbocycles. The number of likely N-dealkylation sites (tertiary alicyclic amines) is 1. The van der Waals surface area contributed by atoms with E-state index in [9.17, 15) is 4.79 Å². The molecule has 5 aromatic rings. The Kier molecular flexibility index (Phi) is 6.73. The van der Waals surface area contributed by atoms with Crippen molar-refractivity contribution < 1.29 is 9.53 Å². The normalized spacial score (nSPS) is 15.3. The van der Waals surface area contributed by atoms with Crippen molar-refractivity contribution in [2.75, 3.05) is 18.4 Å². The van der Waals surface area contributed by atoms with Crippen molar-refractivity contribution in [1.29, 1.82) is 0 Å². The zero-order chi connectivity index (χ0) is 26.1. The highest BCUT2D eigenvalue weighted by molar-refractivity contribution is 7.99. The van der Waals surface area contributed by atoms with Crippen molar-refractivity contribution in [3.63, 3.8) is 0 Å². The summed E-state index contributed by atoms with van der Waals surface area (Å²) in [5, 5.41) is 9.67. The van der Waals surface area contributed by atoms with Crippen molar-refractivity contribution in [3.8, 4) is 11.3 Å². The zero-order valence-corrected chi connectivity index (χ0v) is 22.6. The number of benzene rings is 1. The lowest BCUT2D eigenvalue weighted by Crippen LogP contribution is -2.29. The van der Waals surface area contributed by atoms with Crippen LogP contribution in [0.4, 0.5) is 15.6 Å². The van der Waals surface area contributed by atoms with Gasteiger partial charge < -0.3 is 15.0 Å². The first kappa shape index (κ1) is 24.4. The van der Waals surface area contributed by atoms with Crippen LogP contribution in [0.25, 0.3) is 16.9 Å². The first-order valence-corrected chi connectivity index (χ1v) is 13.9. The van der Waals surface area contributed by atoms with Crippen LogP contribution in [0.2, 0.25) is 0 Å². The Morgan fingerprint density at radius 2 is 2.11 bits per heavy atom. The molecule has 6 rings (SSSR count). The molecule has 1 fully saturated rings. The summed E-state index contributed by atoms with van der Waals surface area (Å²) in [7, 11) is 1.89. The maximum Gasteiger partial charge on any atom is 0.410 e. The number of aryl methyl sites for hydroxylation is 2. The summed E-state index contributed by atoms with van der Waals surface area (Å²) >= 11 is 3.05. The second kappa shape index (κ2) is 10.5. The maximum absolute atomic E-state index is 12.7. The average Bonchev–Trinajstić information content (AvgIpc) is 3.71. The second-order valence-electron chi connectivity index (χ2n) is 9.14. The number of hydrogen-bond acceptors (Lipinski definition) is 9. The number of anilines is 2. The van der Waals surface area contributed by atoms with Gasteiger partial charge in [0.25, 0.3) is 0 Å². The van der Waals surface area contributed by atoms with Crippen LogP contribution in [0.1, 0.15) is 17.7 Å². The van der Waals surface area contributed by atoms with E-state index in [0.29, 0.717) is 18.9 Å². The van der Waals surface area contributed by atoms with E-state index in [2.05, 4.69) is 19.8 Å². The fraction of sp³-hybridized carbons (Fsp3) is 0.269. The summed E-state index contributed by atoms with van der Waals surface area (Å²) < 4.78 is 13.7. The topological polar surface area (TPSA) is 102 Å². The molecule has 194 valence electrons. The number of aromatic nitrogens is 6. The molecular formula is C26H26N8O2S2. The number of carbonyl (C=O) groups is 1. The summed E-state index contributed by atoms with van der Waals surface area (Å²) in [5.74, 6) is 0.658. The first-order valence-electron chi connectivity index (χ1n) is 12.2. The molecule has 10 nitrogen and oxygen atoms in total. The van der Waals surface area contributed by atoms with Gasteiger partial charge in [0.1, 0.15) is 16.6 Å². The Balaban J connectivity index is 1.22. The average molecular weight is 547 g/mol. The Morgan fingerprint density at radius 3 is 2.87 bits per heavy atom. The molecule has 4 aromatic heterocycles. The second-order valence-corrected chi connectivity index (χ2v) is 11.3. The van der Waals surface area contributed by atoms with Gasteiger partial charge in [-0.15, -0.1) is 0 Å². The molecule has 1 aliphatic rings. The molecule has 1 amide bonds. The fourth-order valence-corrected chi connectivity index (χ4v) is 6.17. The summed E-state index contributed by atoms with van der Waals surface area (Å²) in [6, 6.07) is 11.7. The number of hydrogen-bond donors (Lipinski definition) is 1. The van der Waals surface area contributed by atoms with Gasteiger partial charge in [-0.3, -0.25) is 9.08 Å². The number of fused-ring (bicyclic) bond motifs is 1. The summed E-state index contributed by atoms with van der Waals surface area (Å²) in [6.45, 7) is 3.50. The van der Waals surface area contributed by atoms with Crippen molar-refractivity contribution in [2.24, 2.45) is 7.05 Å². The number of imidazole rings is 1. The first-order chi connectivity index (χ1) is 18.5. The number of carbonyl (C=O) groups excluding carboxylic acids is 1. The van der Waals surface area contributed by atoms with Crippen LogP contribution >= 0.6 is 23.3 Å². The SMILES string of the molecule is Cc1cc(Nc2nc(SC3CCN(C(=O)OCc4ccccc4)C3)cn3c(-c4cnn(C)c4)cnc23)sn1. The minimum atomic E-state index is -0.281. The number of thioether (sulfide) groups is 1. The predicted octanol–water partition coefficient (Wildman–Crippen LogP) is 5.14. The summed E-state index contributed by atoms with van der Waals surface area (Å²) in [6.07, 6.45) is 8.22. The van der Waals surface area contributed by atoms with Gasteiger partial charge in [-0.2, -0.15) is 9.47 Å². The molecule has 38 heavy (non-hydrogen) atoms. The minimum absolute atomic E-state index is 0.202. The molecule has 1 aromatic carbocycles. The fourth-order valence-electron chi connectivity index (χ4n) is 4.38. The molecule has 0 spiro atoms. The lowest BCUT2D eigenvalue weighted by Gasteiger charge is -2.16. The van der Waals surface area contributed by atoms with Crippen molar-refractivity contribution in [2.45, 2.75) is 30.2 Å². The third-order valence-electron chi connectivity index (χ3n) is 6.24. The number of nitrogens with zero attached hydrogens (tertiary/aromatic N) is 7. The van der Waals surface area contributed by atoms with Crippen LogP contribution in [0.3, 0.4) is 0 Å². The Hall–Kier alpha value is -3.90. The van der Waals surface area contributed by atoms with Crippen LogP contribution in [0.15, 0.2) is 66.2 Å². The molecule has 12 heteroatoms. The van der Waals surface area contributed by atoms with Crippen LogP contribution in [0.5, 0.6) is 0 Å². The number of rotatable bonds is 7. The number of amides is 1. The van der Waals surface area contributed by atoms with E-state index < -0.39 is 0 Å². The molecule has 1 unspecified atom stereocenters. The Morgan fingerprint density at radius 1 is 1.24 bits per heavy atom. The van der Waals surface area contributed by atoms with Crippen LogP contribution < -0.4 is 5.32 Å². The Labute approximate surface area is 227 Å². The highest BCUT2D eigenvalue weighted by Crippen LogP contribution is 2.33. The van der Waals surface area contributed by atoms with Gasteiger partial charge in [-0.05, 0) is 36.5 Å². The van der Waals surface area contributed by atoms with E-state index in [0.717, 1.165) is 44.6 Å². The summed E-state index contributed by atoms with van der Waals surface area (Å²) in [4.78, 5) is 24.0. The van der Waals surface area contributed by atoms with Crippen LogP contribution in [-0.2, 0) is 18.4 Å². The van der Waals surface area contributed by atoms with Crippen LogP contribution in [0, 0.1) is 6.92 Å². The largest absolute Gasteiger partial charge is 0.445 e. The Bertz CT molecular complexity index is 1580. The third kappa shape index (κ3) is 5.22. The zero-order valence-electron chi connectivity index (χ0n) is 20.9. The van der Waals surface area contributed by atoms with Gasteiger partial charge in [0.15, 0.2) is 11.5 Å². The van der Waals surface area contributed by atoms with E-state index in [4.69, 9.17) is 9.72 Å². The van der Waals surface area contributed by atoms with Crippen molar-refractivity contribution in [3.05, 3.63) is 72.4 Å². The summed E-state index contributed by atoms with van der Waals surface area (Å²) in [5.41, 5.74) is 4.54. The molecule has 0 bridgehead atoms. The standard InChI is InChI=1S/C26H26N8O2S2/c1-17-10-22(38-31-17)29-24-25-27-12-21(19-11-28-32(2)13-19)34(25)15-23(30-24)37-20-8-9-33(14-20)26(35)36-16-18-6-4-3-5-7-18/h3-7,10-13,15,20H,8-9,14,16H2,1-2H3,(H,29,30). The van der Waals surface area contributed by atoms with E-state index in [1.54, 1.807) is 21.3 Å². The molecule has 5 heterocycles. The van der Waals surface area contributed by atoms with E-state index in [1.807, 2.05) is 79.6 Å². The van der Waals surface area contributed by atoms with Gasteiger partial charge in [-0.1, -0.05) is 42.1 Å². The van der Waals surface area contributed by atoms with Gasteiger partial charge in [0, 0.05) is 43.3 Å². The van der Waals surface area contributed by atoms with Gasteiger partial charge >= 0.3 is 6.09 Å². The molecule has 1 aliphatic heterocycles. The smallest absolute Gasteiger partial charge is 0.410 e. The third-order valence-corrected chi connectivity index (χ3v) is 8.19.